The molecule has 8 heteroatoms. The number of benzene rings is 1. The number of nitrogen functional groups attached to an aromatic ring is 1. The van der Waals surface area contributed by atoms with E-state index in [4.69, 9.17) is 31.8 Å². The van der Waals surface area contributed by atoms with Gasteiger partial charge in [-0.3, -0.25) is 9.67 Å². The van der Waals surface area contributed by atoms with Gasteiger partial charge in [0.05, 0.1) is 23.0 Å². The summed E-state index contributed by atoms with van der Waals surface area (Å²) in [6.45, 7) is 2.61. The topological polar surface area (TPSA) is 98.8 Å². The van der Waals surface area contributed by atoms with Crippen LogP contribution in [-0.4, -0.2) is 19.7 Å². The summed E-state index contributed by atoms with van der Waals surface area (Å²) in [6.07, 6.45) is 1.63. The van der Waals surface area contributed by atoms with Gasteiger partial charge in [0, 0.05) is 17.7 Å². The van der Waals surface area contributed by atoms with Crippen molar-refractivity contribution >= 4 is 29.0 Å². The van der Waals surface area contributed by atoms with Crippen LogP contribution in [0, 0.1) is 4.77 Å². The van der Waals surface area contributed by atoms with Crippen molar-refractivity contribution < 1.29 is 8.83 Å². The van der Waals surface area contributed by atoms with Crippen molar-refractivity contribution in [3.63, 3.8) is 0 Å². The standard InChI is InChI=1S/C21H17N5O2S/c1-2-26-19(24-25-21(26)29)18-17(22)16-13(15-9-6-10-27-15)11-14(23-20(16)28-18)12-7-4-3-5-8-12/h3-11H,2,22H2,1H3,(H,25,29). The molecule has 1 aromatic carbocycles. The lowest BCUT2D eigenvalue weighted by Gasteiger charge is -2.05. The van der Waals surface area contributed by atoms with Gasteiger partial charge in [0.1, 0.15) is 5.76 Å². The predicted molar refractivity (Wildman–Crippen MR) is 114 cm³/mol. The van der Waals surface area contributed by atoms with Gasteiger partial charge in [0.25, 0.3) is 0 Å². The van der Waals surface area contributed by atoms with Crippen molar-refractivity contribution in [2.75, 3.05) is 5.73 Å². The van der Waals surface area contributed by atoms with E-state index in [1.165, 1.54) is 0 Å². The molecule has 0 atom stereocenters. The Morgan fingerprint density at radius 3 is 2.72 bits per heavy atom. The summed E-state index contributed by atoms with van der Waals surface area (Å²) >= 11 is 5.30. The molecule has 5 rings (SSSR count). The normalized spacial score (nSPS) is 11.3. The van der Waals surface area contributed by atoms with Gasteiger partial charge in [-0.05, 0) is 37.3 Å². The van der Waals surface area contributed by atoms with Crippen LogP contribution in [0.25, 0.3) is 45.3 Å². The molecule has 0 bridgehead atoms. The highest BCUT2D eigenvalue weighted by Crippen LogP contribution is 2.41. The largest absolute Gasteiger partial charge is 0.464 e. The number of pyridine rings is 1. The highest BCUT2D eigenvalue weighted by molar-refractivity contribution is 7.71. The Morgan fingerprint density at radius 1 is 1.17 bits per heavy atom. The fraction of sp³-hybridized carbons (Fsp3) is 0.0952. The minimum Gasteiger partial charge on any atom is -0.464 e. The Hall–Kier alpha value is -3.65. The van der Waals surface area contributed by atoms with Crippen LogP contribution in [0.3, 0.4) is 0 Å². The molecule has 144 valence electrons. The van der Waals surface area contributed by atoms with Gasteiger partial charge in [-0.15, -0.1) is 0 Å². The van der Waals surface area contributed by atoms with Crippen molar-refractivity contribution in [3.05, 3.63) is 59.6 Å². The highest BCUT2D eigenvalue weighted by Gasteiger charge is 2.24. The molecule has 0 saturated heterocycles. The van der Waals surface area contributed by atoms with Crippen LogP contribution in [0.2, 0.25) is 0 Å². The molecule has 3 N–H and O–H groups in total. The van der Waals surface area contributed by atoms with Crippen LogP contribution in [0.5, 0.6) is 0 Å². The maximum atomic E-state index is 6.52. The number of aromatic nitrogens is 4. The molecule has 0 spiro atoms. The van der Waals surface area contributed by atoms with Crippen LogP contribution in [0.4, 0.5) is 5.69 Å². The second-order valence-corrected chi connectivity index (χ2v) is 6.91. The third-order valence-corrected chi connectivity index (χ3v) is 5.14. The Labute approximate surface area is 170 Å². The molecule has 0 amide bonds. The number of aromatic amines is 1. The molecular formula is C21H17N5O2S. The molecule has 0 aliphatic heterocycles. The molecule has 0 unspecified atom stereocenters. The first-order valence-corrected chi connectivity index (χ1v) is 9.56. The average molecular weight is 403 g/mol. The lowest BCUT2D eigenvalue weighted by Crippen LogP contribution is -1.98. The molecule has 5 aromatic rings. The summed E-state index contributed by atoms with van der Waals surface area (Å²) in [4.78, 5) is 4.72. The van der Waals surface area contributed by atoms with E-state index >= 15 is 0 Å². The number of nitrogens with two attached hydrogens (primary N) is 1. The Morgan fingerprint density at radius 2 is 2.00 bits per heavy atom. The SMILES string of the molecule is CCn1c(-c2oc3nc(-c4ccccc4)cc(-c4ccco4)c3c2N)n[nH]c1=S. The van der Waals surface area contributed by atoms with Gasteiger partial charge in [-0.2, -0.15) is 5.10 Å². The van der Waals surface area contributed by atoms with Crippen LogP contribution < -0.4 is 5.73 Å². The third-order valence-electron chi connectivity index (χ3n) is 4.83. The van der Waals surface area contributed by atoms with Crippen LogP contribution in [-0.2, 0) is 6.54 Å². The van der Waals surface area contributed by atoms with E-state index < -0.39 is 0 Å². The van der Waals surface area contributed by atoms with Crippen LogP contribution in [0.15, 0.2) is 63.6 Å². The average Bonchev–Trinajstić information content (AvgIpc) is 3.47. The van der Waals surface area contributed by atoms with E-state index in [1.807, 2.05) is 60.0 Å². The van der Waals surface area contributed by atoms with Crippen molar-refractivity contribution in [1.29, 1.82) is 0 Å². The molecule has 7 nitrogen and oxygen atoms in total. The first-order valence-electron chi connectivity index (χ1n) is 9.15. The maximum absolute atomic E-state index is 6.52. The van der Waals surface area contributed by atoms with Crippen molar-refractivity contribution in [3.8, 4) is 34.2 Å². The molecule has 0 saturated carbocycles. The monoisotopic (exact) mass is 403 g/mol. The first-order chi connectivity index (χ1) is 14.2. The Balaban J connectivity index is 1.83. The quantitative estimate of drug-likeness (QED) is 0.396. The minimum atomic E-state index is 0.418. The second kappa shape index (κ2) is 6.75. The van der Waals surface area contributed by atoms with E-state index in [2.05, 4.69) is 10.2 Å². The number of fused-ring (bicyclic) bond motifs is 1. The van der Waals surface area contributed by atoms with Crippen LogP contribution in [0.1, 0.15) is 6.92 Å². The smallest absolute Gasteiger partial charge is 0.230 e. The van der Waals surface area contributed by atoms with Crippen LogP contribution >= 0.6 is 12.2 Å². The maximum Gasteiger partial charge on any atom is 0.230 e. The molecular weight excluding hydrogens is 386 g/mol. The van der Waals surface area contributed by atoms with Gasteiger partial charge in [-0.1, -0.05) is 30.3 Å². The number of hydrogen-bond acceptors (Lipinski definition) is 6. The zero-order valence-corrected chi connectivity index (χ0v) is 16.4. The molecule has 4 aromatic heterocycles. The summed E-state index contributed by atoms with van der Waals surface area (Å²) in [5, 5.41) is 7.79. The fourth-order valence-corrected chi connectivity index (χ4v) is 3.72. The van der Waals surface area contributed by atoms with Gasteiger partial charge >= 0.3 is 0 Å². The zero-order chi connectivity index (χ0) is 20.0. The summed E-state index contributed by atoms with van der Waals surface area (Å²) in [5.41, 5.74) is 9.93. The molecule has 0 aliphatic rings. The number of H-pyrrole nitrogens is 1. The van der Waals surface area contributed by atoms with E-state index in [9.17, 15) is 0 Å². The molecule has 0 radical (unpaired) electrons. The van der Waals surface area contributed by atoms with E-state index in [0.29, 0.717) is 45.4 Å². The lowest BCUT2D eigenvalue weighted by molar-refractivity contribution is 0.582. The number of nitrogens with one attached hydrogen (secondary N) is 1. The second-order valence-electron chi connectivity index (χ2n) is 6.52. The summed E-state index contributed by atoms with van der Waals surface area (Å²) in [6, 6.07) is 15.6. The van der Waals surface area contributed by atoms with E-state index in [-0.39, 0.29) is 0 Å². The minimum absolute atomic E-state index is 0.418. The Bertz CT molecular complexity index is 1360. The molecule has 0 aliphatic carbocycles. The van der Waals surface area contributed by atoms with Crippen molar-refractivity contribution in [2.45, 2.75) is 13.5 Å². The summed E-state index contributed by atoms with van der Waals surface area (Å²) < 4.78 is 14.1. The van der Waals surface area contributed by atoms with E-state index in [0.717, 1.165) is 16.8 Å². The number of nitrogens with zero attached hydrogens (tertiary/aromatic N) is 3. The van der Waals surface area contributed by atoms with Gasteiger partial charge in [-0.25, -0.2) is 4.98 Å². The van der Waals surface area contributed by atoms with Gasteiger partial charge in [0.2, 0.25) is 11.5 Å². The number of hydrogen-bond donors (Lipinski definition) is 2. The summed E-state index contributed by atoms with van der Waals surface area (Å²) in [5.74, 6) is 1.65. The lowest BCUT2D eigenvalue weighted by atomic mass is 10.0. The van der Waals surface area contributed by atoms with E-state index in [1.54, 1.807) is 6.26 Å². The fourth-order valence-electron chi connectivity index (χ4n) is 3.45. The molecule has 0 fully saturated rings. The third kappa shape index (κ3) is 2.76. The van der Waals surface area contributed by atoms with Gasteiger partial charge in [0.15, 0.2) is 10.5 Å². The highest BCUT2D eigenvalue weighted by atomic mass is 32.1. The molecule has 29 heavy (non-hydrogen) atoms. The zero-order valence-electron chi connectivity index (χ0n) is 15.5. The van der Waals surface area contributed by atoms with Crippen molar-refractivity contribution in [2.24, 2.45) is 0 Å². The number of furan rings is 2. The Kier molecular flexibility index (Phi) is 4.06. The van der Waals surface area contributed by atoms with Crippen molar-refractivity contribution in [1.82, 2.24) is 19.7 Å². The van der Waals surface area contributed by atoms with Gasteiger partial charge < -0.3 is 14.6 Å². The number of rotatable bonds is 4. The molecule has 4 heterocycles. The predicted octanol–water partition coefficient (Wildman–Crippen LogP) is 5.28. The summed E-state index contributed by atoms with van der Waals surface area (Å²) in [7, 11) is 0. The first kappa shape index (κ1) is 17.4. The number of anilines is 1.